The van der Waals surface area contributed by atoms with Crippen molar-refractivity contribution in [3.8, 4) is 10.6 Å². The number of hydrogen-bond donors (Lipinski definition) is 1. The summed E-state index contributed by atoms with van der Waals surface area (Å²) in [5.41, 5.74) is 0.840. The number of pyridine rings is 1. The molecule has 9 heteroatoms. The Balaban J connectivity index is 2.06. The highest BCUT2D eigenvalue weighted by molar-refractivity contribution is 7.92. The molecule has 0 spiro atoms. The predicted molar refractivity (Wildman–Crippen MR) is 87.4 cm³/mol. The van der Waals surface area contributed by atoms with E-state index in [2.05, 4.69) is 15.2 Å². The number of carbonyl (C=O) groups excluding carboxylic acids is 1. The van der Waals surface area contributed by atoms with E-state index in [-0.39, 0.29) is 23.8 Å². The lowest BCUT2D eigenvalue weighted by atomic mass is 10.3. The van der Waals surface area contributed by atoms with Crippen LogP contribution in [-0.4, -0.2) is 43.9 Å². The highest BCUT2D eigenvalue weighted by Gasteiger charge is 2.18. The van der Waals surface area contributed by atoms with Crippen LogP contribution in [0.15, 0.2) is 24.5 Å². The molecule has 0 aromatic carbocycles. The Bertz CT molecular complexity index is 743. The van der Waals surface area contributed by atoms with Crippen LogP contribution in [0.1, 0.15) is 13.3 Å². The van der Waals surface area contributed by atoms with Crippen molar-refractivity contribution in [2.45, 2.75) is 13.3 Å². The van der Waals surface area contributed by atoms with Crippen LogP contribution in [0.25, 0.3) is 10.6 Å². The molecule has 1 atom stereocenters. The number of amides is 1. The van der Waals surface area contributed by atoms with E-state index in [1.54, 1.807) is 32.4 Å². The zero-order chi connectivity index (χ0) is 16.2. The molecule has 2 aromatic heterocycles. The van der Waals surface area contributed by atoms with Crippen molar-refractivity contribution in [3.63, 3.8) is 0 Å². The lowest BCUT2D eigenvalue weighted by Crippen LogP contribution is -2.28. The van der Waals surface area contributed by atoms with Gasteiger partial charge in [-0.2, -0.15) is 0 Å². The Morgan fingerprint density at radius 2 is 2.23 bits per heavy atom. The topological polar surface area (TPSA) is 99.9 Å². The first-order chi connectivity index (χ1) is 10.4. The fourth-order valence-electron chi connectivity index (χ4n) is 1.63. The van der Waals surface area contributed by atoms with Gasteiger partial charge in [0.2, 0.25) is 11.0 Å². The summed E-state index contributed by atoms with van der Waals surface area (Å²) in [6.45, 7) is 1.69. The molecule has 22 heavy (non-hydrogen) atoms. The SMILES string of the molecule is CCS(=N)(=O)CCC(=O)N(C)c1nnc(-c2cccnc2)s1. The van der Waals surface area contributed by atoms with Crippen LogP contribution in [0, 0.1) is 4.78 Å². The molecule has 2 heterocycles. The van der Waals surface area contributed by atoms with E-state index in [4.69, 9.17) is 4.78 Å². The van der Waals surface area contributed by atoms with Crippen LogP contribution in [0.4, 0.5) is 5.13 Å². The molecule has 0 saturated carbocycles. The Labute approximate surface area is 133 Å². The standard InChI is InChI=1S/C13H17N5O2S2/c1-3-22(14,20)8-6-11(19)18(2)13-17-16-12(21-13)10-5-4-7-15-9-10/h4-5,7,9,14H,3,6,8H2,1-2H3. The van der Waals surface area contributed by atoms with Gasteiger partial charge in [0, 0.05) is 52.7 Å². The maximum absolute atomic E-state index is 12.1. The second-order valence-corrected chi connectivity index (χ2v) is 8.20. The van der Waals surface area contributed by atoms with E-state index >= 15 is 0 Å². The molecule has 0 saturated heterocycles. The summed E-state index contributed by atoms with van der Waals surface area (Å²) in [5, 5.41) is 9.21. The van der Waals surface area contributed by atoms with E-state index in [9.17, 15) is 9.00 Å². The number of carbonyl (C=O) groups is 1. The minimum absolute atomic E-state index is 0.0640. The molecular weight excluding hydrogens is 322 g/mol. The summed E-state index contributed by atoms with van der Waals surface area (Å²) in [6.07, 6.45) is 3.42. The molecule has 1 N–H and O–H groups in total. The third-order valence-corrected chi connectivity index (χ3v) is 5.94. The van der Waals surface area contributed by atoms with Crippen LogP contribution < -0.4 is 4.90 Å². The van der Waals surface area contributed by atoms with E-state index in [0.29, 0.717) is 10.1 Å². The zero-order valence-corrected chi connectivity index (χ0v) is 14.0. The smallest absolute Gasteiger partial charge is 0.229 e. The number of nitrogens with zero attached hydrogens (tertiary/aromatic N) is 4. The minimum atomic E-state index is -2.66. The van der Waals surface area contributed by atoms with Crippen LogP contribution in [-0.2, 0) is 14.5 Å². The van der Waals surface area contributed by atoms with Crippen LogP contribution in [0.2, 0.25) is 0 Å². The minimum Gasteiger partial charge on any atom is -0.290 e. The van der Waals surface area contributed by atoms with Gasteiger partial charge in [-0.3, -0.25) is 19.5 Å². The van der Waals surface area contributed by atoms with Crippen LogP contribution >= 0.6 is 11.3 Å². The number of hydrogen-bond acceptors (Lipinski definition) is 7. The first-order valence-electron chi connectivity index (χ1n) is 6.67. The number of nitrogens with one attached hydrogen (secondary N) is 1. The van der Waals surface area contributed by atoms with E-state index in [1.165, 1.54) is 16.2 Å². The highest BCUT2D eigenvalue weighted by Crippen LogP contribution is 2.27. The van der Waals surface area contributed by atoms with Crippen molar-refractivity contribution in [2.75, 3.05) is 23.5 Å². The average Bonchev–Trinajstić information content (AvgIpc) is 3.03. The second-order valence-electron chi connectivity index (χ2n) is 4.64. The first-order valence-corrected chi connectivity index (χ1v) is 9.39. The number of rotatable bonds is 6. The molecular formula is C13H17N5O2S2. The predicted octanol–water partition coefficient (Wildman–Crippen LogP) is 2.02. The van der Waals surface area contributed by atoms with Crippen molar-refractivity contribution < 1.29 is 9.00 Å². The van der Waals surface area contributed by atoms with Crippen molar-refractivity contribution in [1.82, 2.24) is 15.2 Å². The van der Waals surface area contributed by atoms with Gasteiger partial charge in [0.1, 0.15) is 0 Å². The van der Waals surface area contributed by atoms with Crippen LogP contribution in [0.3, 0.4) is 0 Å². The number of anilines is 1. The molecule has 1 unspecified atom stereocenters. The summed E-state index contributed by atoms with van der Waals surface area (Å²) < 4.78 is 19.2. The molecule has 0 aliphatic rings. The van der Waals surface area contributed by atoms with Gasteiger partial charge >= 0.3 is 0 Å². The van der Waals surface area contributed by atoms with Crippen LogP contribution in [0.5, 0.6) is 0 Å². The van der Waals surface area contributed by atoms with Gasteiger partial charge in [-0.05, 0) is 12.1 Å². The maximum atomic E-state index is 12.1. The summed E-state index contributed by atoms with van der Waals surface area (Å²) in [4.78, 5) is 17.5. The molecule has 2 rings (SSSR count). The summed E-state index contributed by atoms with van der Waals surface area (Å²) in [7, 11) is -1.05. The van der Waals surface area contributed by atoms with E-state index < -0.39 is 9.73 Å². The van der Waals surface area contributed by atoms with E-state index in [0.717, 1.165) is 5.56 Å². The quantitative estimate of drug-likeness (QED) is 0.868. The van der Waals surface area contributed by atoms with Crippen molar-refractivity contribution in [3.05, 3.63) is 24.5 Å². The second kappa shape index (κ2) is 6.93. The lowest BCUT2D eigenvalue weighted by Gasteiger charge is -2.13. The lowest BCUT2D eigenvalue weighted by molar-refractivity contribution is -0.117. The largest absolute Gasteiger partial charge is 0.290 e. The molecule has 0 aliphatic carbocycles. The number of aromatic nitrogens is 3. The molecule has 7 nitrogen and oxygen atoms in total. The normalized spacial score (nSPS) is 13.5. The summed E-state index contributed by atoms with van der Waals surface area (Å²) >= 11 is 1.29. The Kier molecular flexibility index (Phi) is 5.19. The van der Waals surface area contributed by atoms with Gasteiger partial charge in [0.15, 0.2) is 5.01 Å². The molecule has 118 valence electrons. The third kappa shape index (κ3) is 4.08. The fraction of sp³-hybridized carbons (Fsp3) is 0.385. The van der Waals surface area contributed by atoms with Crippen molar-refractivity contribution in [2.24, 2.45) is 0 Å². The first kappa shape index (κ1) is 16.5. The monoisotopic (exact) mass is 339 g/mol. The Morgan fingerprint density at radius 1 is 1.45 bits per heavy atom. The molecule has 0 bridgehead atoms. The molecule has 0 fully saturated rings. The zero-order valence-electron chi connectivity index (χ0n) is 12.4. The summed E-state index contributed by atoms with van der Waals surface area (Å²) in [6, 6.07) is 3.68. The highest BCUT2D eigenvalue weighted by atomic mass is 32.2. The summed E-state index contributed by atoms with van der Waals surface area (Å²) in [5.74, 6) is 0.108. The van der Waals surface area contributed by atoms with Gasteiger partial charge < -0.3 is 0 Å². The fourth-order valence-corrected chi connectivity index (χ4v) is 3.23. The van der Waals surface area contributed by atoms with Gasteiger partial charge in [-0.15, -0.1) is 10.2 Å². The van der Waals surface area contributed by atoms with Gasteiger partial charge in [0.25, 0.3) is 0 Å². The average molecular weight is 339 g/mol. The molecule has 1 amide bonds. The van der Waals surface area contributed by atoms with Gasteiger partial charge in [-0.25, -0.2) is 4.21 Å². The maximum Gasteiger partial charge on any atom is 0.229 e. The van der Waals surface area contributed by atoms with Crippen molar-refractivity contribution >= 4 is 32.1 Å². The molecule has 0 aliphatic heterocycles. The molecule has 2 aromatic rings. The van der Waals surface area contributed by atoms with Gasteiger partial charge in [-0.1, -0.05) is 18.3 Å². The Hall–Kier alpha value is -1.87. The van der Waals surface area contributed by atoms with Gasteiger partial charge in [0.05, 0.1) is 0 Å². The van der Waals surface area contributed by atoms with Crippen molar-refractivity contribution in [1.29, 1.82) is 4.78 Å². The molecule has 0 radical (unpaired) electrons. The Morgan fingerprint density at radius 3 is 2.86 bits per heavy atom. The third-order valence-electron chi connectivity index (χ3n) is 3.10. The van der Waals surface area contributed by atoms with E-state index in [1.807, 2.05) is 6.07 Å².